The van der Waals surface area contributed by atoms with Crippen LogP contribution in [0.25, 0.3) is 0 Å². The molecule has 0 aliphatic heterocycles. The van der Waals surface area contributed by atoms with Gasteiger partial charge in [0, 0.05) is 16.7 Å². The highest BCUT2D eigenvalue weighted by Crippen LogP contribution is 2.18. The maximum atomic E-state index is 12.1. The Bertz CT molecular complexity index is 626. The number of hydrogen-bond donors (Lipinski definition) is 2. The summed E-state index contributed by atoms with van der Waals surface area (Å²) >= 11 is 3.34. The van der Waals surface area contributed by atoms with E-state index < -0.39 is 0 Å². The maximum Gasteiger partial charge on any atom is 0.253 e. The highest BCUT2D eigenvalue weighted by Gasteiger charge is 2.09. The summed E-state index contributed by atoms with van der Waals surface area (Å²) in [5.41, 5.74) is 9.29. The summed E-state index contributed by atoms with van der Waals surface area (Å²) in [5.74, 6) is -0.141. The molecule has 1 amide bonds. The zero-order valence-corrected chi connectivity index (χ0v) is 12.9. The van der Waals surface area contributed by atoms with Crippen molar-refractivity contribution in [2.45, 2.75) is 13.3 Å². The highest BCUT2D eigenvalue weighted by molar-refractivity contribution is 9.10. The Balaban J connectivity index is 1.96. The topological polar surface area (TPSA) is 55.1 Å². The van der Waals surface area contributed by atoms with Crippen molar-refractivity contribution in [3.8, 4) is 0 Å². The van der Waals surface area contributed by atoms with Crippen molar-refractivity contribution in [1.29, 1.82) is 0 Å². The molecule has 0 aliphatic rings. The van der Waals surface area contributed by atoms with E-state index in [-0.39, 0.29) is 5.91 Å². The molecule has 2 aromatic rings. The van der Waals surface area contributed by atoms with Crippen LogP contribution >= 0.6 is 15.9 Å². The molecule has 0 saturated carbocycles. The lowest BCUT2D eigenvalue weighted by atomic mass is 10.1. The zero-order chi connectivity index (χ0) is 14.5. The number of nitrogens with one attached hydrogen (secondary N) is 1. The number of rotatable bonds is 4. The van der Waals surface area contributed by atoms with Gasteiger partial charge in [-0.2, -0.15) is 0 Å². The van der Waals surface area contributed by atoms with Gasteiger partial charge in [-0.05, 0) is 42.7 Å². The average molecular weight is 333 g/mol. The normalized spacial score (nSPS) is 10.3. The van der Waals surface area contributed by atoms with Gasteiger partial charge in [-0.1, -0.05) is 40.2 Å². The van der Waals surface area contributed by atoms with E-state index in [1.54, 1.807) is 12.1 Å². The highest BCUT2D eigenvalue weighted by atomic mass is 79.9. The van der Waals surface area contributed by atoms with Crippen LogP contribution in [0.5, 0.6) is 0 Å². The van der Waals surface area contributed by atoms with Crippen LogP contribution in [0.4, 0.5) is 5.69 Å². The third-order valence-electron chi connectivity index (χ3n) is 3.20. The van der Waals surface area contributed by atoms with Crippen molar-refractivity contribution in [2.24, 2.45) is 0 Å². The van der Waals surface area contributed by atoms with Crippen LogP contribution in [0.2, 0.25) is 0 Å². The maximum absolute atomic E-state index is 12.1. The first-order valence-electron chi connectivity index (χ1n) is 6.45. The largest absolute Gasteiger partial charge is 0.398 e. The number of amides is 1. The van der Waals surface area contributed by atoms with E-state index in [1.807, 2.05) is 18.2 Å². The number of benzene rings is 2. The molecular weight excluding hydrogens is 316 g/mol. The molecule has 0 saturated heterocycles. The monoisotopic (exact) mass is 332 g/mol. The van der Waals surface area contributed by atoms with Gasteiger partial charge in [0.25, 0.3) is 5.91 Å². The second kappa shape index (κ2) is 6.57. The van der Waals surface area contributed by atoms with E-state index >= 15 is 0 Å². The van der Waals surface area contributed by atoms with Gasteiger partial charge < -0.3 is 11.1 Å². The molecule has 3 N–H and O–H groups in total. The van der Waals surface area contributed by atoms with Gasteiger partial charge in [-0.15, -0.1) is 0 Å². The summed E-state index contributed by atoms with van der Waals surface area (Å²) in [7, 11) is 0. The summed E-state index contributed by atoms with van der Waals surface area (Å²) in [6.45, 7) is 2.67. The molecule has 4 heteroatoms. The van der Waals surface area contributed by atoms with Crippen molar-refractivity contribution in [2.75, 3.05) is 12.3 Å². The fraction of sp³-hybridized carbons (Fsp3) is 0.188. The molecule has 0 heterocycles. The van der Waals surface area contributed by atoms with Gasteiger partial charge in [0.2, 0.25) is 0 Å². The van der Waals surface area contributed by atoms with E-state index in [4.69, 9.17) is 5.73 Å². The van der Waals surface area contributed by atoms with Gasteiger partial charge >= 0.3 is 0 Å². The van der Waals surface area contributed by atoms with E-state index in [0.29, 0.717) is 17.8 Å². The minimum Gasteiger partial charge on any atom is -0.398 e. The second-order valence-electron chi connectivity index (χ2n) is 4.66. The Kier molecular flexibility index (Phi) is 4.79. The quantitative estimate of drug-likeness (QED) is 0.844. The van der Waals surface area contributed by atoms with Crippen molar-refractivity contribution >= 4 is 27.5 Å². The molecule has 0 bridgehead atoms. The van der Waals surface area contributed by atoms with Crippen LogP contribution < -0.4 is 11.1 Å². The van der Waals surface area contributed by atoms with E-state index in [9.17, 15) is 4.79 Å². The SMILES string of the molecule is Cc1ccccc1CCNC(=O)c1cc(Br)ccc1N. The predicted molar refractivity (Wildman–Crippen MR) is 85.8 cm³/mol. The molecule has 0 aliphatic carbocycles. The minimum absolute atomic E-state index is 0.141. The second-order valence-corrected chi connectivity index (χ2v) is 5.58. The lowest BCUT2D eigenvalue weighted by Gasteiger charge is -2.09. The van der Waals surface area contributed by atoms with Crippen molar-refractivity contribution < 1.29 is 4.79 Å². The predicted octanol–water partition coefficient (Wildman–Crippen LogP) is 3.31. The summed E-state index contributed by atoms with van der Waals surface area (Å²) < 4.78 is 0.843. The zero-order valence-electron chi connectivity index (χ0n) is 11.3. The van der Waals surface area contributed by atoms with E-state index in [0.717, 1.165) is 10.9 Å². The lowest BCUT2D eigenvalue weighted by molar-refractivity contribution is 0.0955. The molecule has 3 nitrogen and oxygen atoms in total. The fourth-order valence-corrected chi connectivity index (χ4v) is 2.38. The molecule has 104 valence electrons. The molecule has 0 atom stereocenters. The number of hydrogen-bond acceptors (Lipinski definition) is 2. The number of aryl methyl sites for hydroxylation is 1. The van der Waals surface area contributed by atoms with Crippen molar-refractivity contribution in [3.05, 3.63) is 63.6 Å². The first-order chi connectivity index (χ1) is 9.58. The van der Waals surface area contributed by atoms with Crippen LogP contribution in [0, 0.1) is 6.92 Å². The molecular formula is C16H17BrN2O. The molecule has 0 aromatic heterocycles. The molecule has 2 aromatic carbocycles. The average Bonchev–Trinajstić information content (AvgIpc) is 2.43. The number of carbonyl (C=O) groups is 1. The van der Waals surface area contributed by atoms with Gasteiger partial charge in [0.05, 0.1) is 5.56 Å². The van der Waals surface area contributed by atoms with Gasteiger partial charge in [0.1, 0.15) is 0 Å². The molecule has 0 spiro atoms. The number of halogens is 1. The molecule has 0 unspecified atom stereocenters. The van der Waals surface area contributed by atoms with Crippen molar-refractivity contribution in [3.63, 3.8) is 0 Å². The van der Waals surface area contributed by atoms with Crippen LogP contribution in [-0.2, 0) is 6.42 Å². The summed E-state index contributed by atoms with van der Waals surface area (Å²) in [5, 5.41) is 2.90. The van der Waals surface area contributed by atoms with Gasteiger partial charge in [-0.3, -0.25) is 4.79 Å². The number of anilines is 1. The summed E-state index contributed by atoms with van der Waals surface area (Å²) in [4.78, 5) is 12.1. The smallest absolute Gasteiger partial charge is 0.253 e. The third kappa shape index (κ3) is 3.61. The van der Waals surface area contributed by atoms with Crippen molar-refractivity contribution in [1.82, 2.24) is 5.32 Å². The first-order valence-corrected chi connectivity index (χ1v) is 7.25. The molecule has 0 fully saturated rings. The van der Waals surface area contributed by atoms with Crippen LogP contribution in [0.3, 0.4) is 0 Å². The standard InChI is InChI=1S/C16H17BrN2O/c1-11-4-2-3-5-12(11)8-9-19-16(20)14-10-13(17)6-7-15(14)18/h2-7,10H,8-9,18H2,1H3,(H,19,20). The first kappa shape index (κ1) is 14.6. The Hall–Kier alpha value is -1.81. The van der Waals surface area contributed by atoms with Crippen LogP contribution in [-0.4, -0.2) is 12.5 Å². The molecule has 0 radical (unpaired) electrons. The van der Waals surface area contributed by atoms with E-state index in [1.165, 1.54) is 11.1 Å². The number of nitrogen functional groups attached to an aromatic ring is 1. The number of nitrogens with two attached hydrogens (primary N) is 1. The van der Waals surface area contributed by atoms with Gasteiger partial charge in [0.15, 0.2) is 0 Å². The Morgan fingerprint density at radius 1 is 1.25 bits per heavy atom. The number of carbonyl (C=O) groups excluding carboxylic acids is 1. The van der Waals surface area contributed by atoms with Crippen LogP contribution in [0.1, 0.15) is 21.5 Å². The Morgan fingerprint density at radius 3 is 2.75 bits per heavy atom. The lowest BCUT2D eigenvalue weighted by Crippen LogP contribution is -2.26. The van der Waals surface area contributed by atoms with E-state index in [2.05, 4.69) is 40.3 Å². The van der Waals surface area contributed by atoms with Gasteiger partial charge in [-0.25, -0.2) is 0 Å². The minimum atomic E-state index is -0.141. The summed E-state index contributed by atoms with van der Waals surface area (Å²) in [6, 6.07) is 13.5. The molecule has 20 heavy (non-hydrogen) atoms. The molecule has 2 rings (SSSR count). The third-order valence-corrected chi connectivity index (χ3v) is 3.69. The Morgan fingerprint density at radius 2 is 2.00 bits per heavy atom. The Labute approximate surface area is 127 Å². The summed E-state index contributed by atoms with van der Waals surface area (Å²) in [6.07, 6.45) is 0.812. The fourth-order valence-electron chi connectivity index (χ4n) is 2.02. The van der Waals surface area contributed by atoms with Crippen LogP contribution in [0.15, 0.2) is 46.9 Å².